The molecular weight excluding hydrogens is 144 g/mol. The van der Waals surface area contributed by atoms with Gasteiger partial charge >= 0.3 is 0 Å². The van der Waals surface area contributed by atoms with E-state index in [1.807, 2.05) is 0 Å². The second-order valence-electron chi connectivity index (χ2n) is 1.85. The van der Waals surface area contributed by atoms with Gasteiger partial charge in [0, 0.05) is 0 Å². The summed E-state index contributed by atoms with van der Waals surface area (Å²) in [6.07, 6.45) is 1.68. The first kappa shape index (κ1) is 7.00. The third-order valence-corrected chi connectivity index (χ3v) is 1.24. The summed E-state index contributed by atoms with van der Waals surface area (Å²) in [6, 6.07) is 6.76. The number of aromatic hydroxyl groups is 1. The number of phenols is 1. The van der Waals surface area contributed by atoms with Crippen LogP contribution in [0.1, 0.15) is 5.56 Å². The molecule has 0 aromatic heterocycles. The molecule has 1 rings (SSSR count). The van der Waals surface area contributed by atoms with E-state index in [4.69, 9.17) is 5.11 Å². The van der Waals surface area contributed by atoms with Crippen molar-refractivity contribution in [1.82, 2.24) is 0 Å². The summed E-state index contributed by atoms with van der Waals surface area (Å²) >= 11 is 4.50. The molecule has 0 fully saturated rings. The molecule has 0 bridgehead atoms. The fourth-order valence-electron chi connectivity index (χ4n) is 0.639. The van der Waals surface area contributed by atoms with E-state index >= 15 is 0 Å². The molecule has 0 aliphatic rings. The van der Waals surface area contributed by atoms with Gasteiger partial charge in [-0.3, -0.25) is 0 Å². The molecule has 0 aliphatic carbocycles. The fraction of sp³-hybridized carbons (Fsp3) is 0. The van der Waals surface area contributed by atoms with Gasteiger partial charge in [-0.1, -0.05) is 12.1 Å². The maximum Gasteiger partial charge on any atom is 0.115 e. The van der Waals surface area contributed by atoms with Crippen LogP contribution >= 0.6 is 12.2 Å². The monoisotopic (exact) mass is 150 g/mol. The highest BCUT2D eigenvalue weighted by molar-refractivity contribution is 7.78. The van der Waals surface area contributed by atoms with Crippen molar-refractivity contribution >= 4 is 23.3 Å². The quantitative estimate of drug-likeness (QED) is 0.618. The minimum Gasteiger partial charge on any atom is -0.508 e. The Morgan fingerprint density at radius 3 is 2.40 bits per heavy atom. The van der Waals surface area contributed by atoms with Gasteiger partial charge in [-0.25, -0.2) is 0 Å². The Labute approximate surface area is 64.6 Å². The molecular formula is C8H6OS. The molecule has 10 heavy (non-hydrogen) atoms. The Morgan fingerprint density at radius 1 is 1.30 bits per heavy atom. The Kier molecular flexibility index (Phi) is 2.21. The van der Waals surface area contributed by atoms with Gasteiger partial charge in [-0.05, 0) is 41.0 Å². The minimum atomic E-state index is 0.265. The van der Waals surface area contributed by atoms with Crippen molar-refractivity contribution in [3.8, 4) is 5.75 Å². The average Bonchev–Trinajstić information content (AvgIpc) is 1.95. The van der Waals surface area contributed by atoms with Crippen molar-refractivity contribution < 1.29 is 5.11 Å². The van der Waals surface area contributed by atoms with Crippen molar-refractivity contribution in [3.05, 3.63) is 29.8 Å². The van der Waals surface area contributed by atoms with Crippen LogP contribution in [0, 0.1) is 0 Å². The van der Waals surface area contributed by atoms with Crippen molar-refractivity contribution in [3.63, 3.8) is 0 Å². The molecule has 0 unspecified atom stereocenters. The number of thiocarbonyl (C=S) groups is 1. The van der Waals surface area contributed by atoms with Gasteiger partial charge in [0.15, 0.2) is 0 Å². The molecule has 0 aliphatic heterocycles. The van der Waals surface area contributed by atoms with Crippen molar-refractivity contribution in [1.29, 1.82) is 0 Å². The second kappa shape index (κ2) is 3.16. The van der Waals surface area contributed by atoms with Crippen LogP contribution in [0.25, 0.3) is 6.08 Å². The van der Waals surface area contributed by atoms with Gasteiger partial charge in [0.2, 0.25) is 0 Å². The van der Waals surface area contributed by atoms with Crippen molar-refractivity contribution in [2.45, 2.75) is 0 Å². The summed E-state index contributed by atoms with van der Waals surface area (Å²) in [5.74, 6) is 0.265. The van der Waals surface area contributed by atoms with Gasteiger partial charge in [0.1, 0.15) is 5.75 Å². The van der Waals surface area contributed by atoms with Gasteiger partial charge in [0.25, 0.3) is 0 Å². The number of hydrogen-bond donors (Lipinski definition) is 1. The van der Waals surface area contributed by atoms with Crippen LogP contribution in [0.5, 0.6) is 5.75 Å². The van der Waals surface area contributed by atoms with Crippen LogP contribution in [-0.4, -0.2) is 10.1 Å². The molecule has 1 aromatic rings. The third kappa shape index (κ3) is 1.69. The summed E-state index contributed by atoms with van der Waals surface area (Å²) in [4.78, 5) is 0. The maximum atomic E-state index is 8.86. The molecule has 0 amide bonds. The topological polar surface area (TPSA) is 20.2 Å². The molecule has 0 spiro atoms. The SMILES string of the molecule is Oc1ccc(C=C=S)cc1. The first-order chi connectivity index (χ1) is 4.83. The first-order valence-electron chi connectivity index (χ1n) is 2.83. The van der Waals surface area contributed by atoms with Crippen molar-refractivity contribution in [2.75, 3.05) is 0 Å². The average molecular weight is 150 g/mol. The molecule has 1 nitrogen and oxygen atoms in total. The zero-order valence-electron chi connectivity index (χ0n) is 5.24. The van der Waals surface area contributed by atoms with E-state index < -0.39 is 0 Å². The van der Waals surface area contributed by atoms with E-state index in [0.29, 0.717) is 0 Å². The molecule has 0 atom stereocenters. The molecule has 0 saturated heterocycles. The lowest BCUT2D eigenvalue weighted by atomic mass is 10.2. The van der Waals surface area contributed by atoms with Crippen molar-refractivity contribution in [2.24, 2.45) is 0 Å². The zero-order chi connectivity index (χ0) is 7.40. The predicted octanol–water partition coefficient (Wildman–Crippen LogP) is 2.00. The van der Waals surface area contributed by atoms with E-state index in [-0.39, 0.29) is 5.75 Å². The lowest BCUT2D eigenvalue weighted by molar-refractivity contribution is 0.475. The highest BCUT2D eigenvalue weighted by Gasteiger charge is 1.85. The Hall–Kier alpha value is -1.11. The highest BCUT2D eigenvalue weighted by atomic mass is 32.1. The zero-order valence-corrected chi connectivity index (χ0v) is 6.06. The summed E-state index contributed by atoms with van der Waals surface area (Å²) in [5.41, 5.74) is 0.952. The molecule has 2 heteroatoms. The molecule has 1 N–H and O–H groups in total. The van der Waals surface area contributed by atoms with E-state index in [1.165, 1.54) is 0 Å². The largest absolute Gasteiger partial charge is 0.508 e. The molecule has 50 valence electrons. The van der Waals surface area contributed by atoms with E-state index in [1.54, 1.807) is 30.3 Å². The summed E-state index contributed by atoms with van der Waals surface area (Å²) in [5, 5.41) is 11.3. The minimum absolute atomic E-state index is 0.265. The number of rotatable bonds is 1. The maximum absolute atomic E-state index is 8.86. The Balaban J connectivity index is 3.00. The molecule has 0 heterocycles. The van der Waals surface area contributed by atoms with Crippen LogP contribution in [0.2, 0.25) is 0 Å². The van der Waals surface area contributed by atoms with E-state index in [2.05, 4.69) is 17.2 Å². The lowest BCUT2D eigenvalue weighted by Gasteiger charge is -1.90. The third-order valence-electron chi connectivity index (χ3n) is 1.12. The van der Waals surface area contributed by atoms with Gasteiger partial charge in [-0.15, -0.1) is 0 Å². The predicted molar refractivity (Wildman–Crippen MR) is 45.2 cm³/mol. The van der Waals surface area contributed by atoms with Crippen LogP contribution in [0.4, 0.5) is 0 Å². The Bertz CT molecular complexity index is 257. The molecule has 0 radical (unpaired) electrons. The van der Waals surface area contributed by atoms with Crippen LogP contribution in [0.15, 0.2) is 24.3 Å². The van der Waals surface area contributed by atoms with Gasteiger partial charge in [0.05, 0.1) is 0 Å². The normalized spacial score (nSPS) is 8.40. The summed E-state index contributed by atoms with van der Waals surface area (Å²) < 4.78 is 0. The Morgan fingerprint density at radius 2 is 1.90 bits per heavy atom. The highest BCUT2D eigenvalue weighted by Crippen LogP contribution is 2.09. The van der Waals surface area contributed by atoms with Crippen LogP contribution in [-0.2, 0) is 0 Å². The summed E-state index contributed by atoms with van der Waals surface area (Å²) in [6.45, 7) is 0. The lowest BCUT2D eigenvalue weighted by Crippen LogP contribution is -1.68. The van der Waals surface area contributed by atoms with Gasteiger partial charge in [-0.2, -0.15) is 0 Å². The van der Waals surface area contributed by atoms with Crippen LogP contribution in [0.3, 0.4) is 0 Å². The number of phenolic OH excluding ortho intramolecular Hbond substituents is 1. The fourth-order valence-corrected chi connectivity index (χ4v) is 0.775. The first-order valence-corrected chi connectivity index (χ1v) is 3.23. The summed E-state index contributed by atoms with van der Waals surface area (Å²) in [7, 11) is 0. The standard InChI is InChI=1S/C8H6OS/c9-8-3-1-7(2-4-8)5-6-10/h1-5,9H. The molecule has 1 aromatic carbocycles. The molecule has 0 saturated carbocycles. The second-order valence-corrected chi connectivity index (χ2v) is 2.09. The van der Waals surface area contributed by atoms with Crippen LogP contribution < -0.4 is 0 Å². The smallest absolute Gasteiger partial charge is 0.115 e. The van der Waals surface area contributed by atoms with Gasteiger partial charge < -0.3 is 5.11 Å². The number of benzene rings is 1. The number of hydrogen-bond acceptors (Lipinski definition) is 2. The van der Waals surface area contributed by atoms with E-state index in [9.17, 15) is 0 Å². The van der Waals surface area contributed by atoms with E-state index in [0.717, 1.165) is 5.56 Å².